The predicted molar refractivity (Wildman–Crippen MR) is 329 cm³/mol. The van der Waals surface area contributed by atoms with Crippen molar-refractivity contribution < 1.29 is 14.9 Å². The van der Waals surface area contributed by atoms with Crippen molar-refractivity contribution >= 4 is 43.1 Å². The number of benzene rings is 12. The van der Waals surface area contributed by atoms with Crippen LogP contribution in [-0.2, 0) is 10.8 Å². The van der Waals surface area contributed by atoms with Gasteiger partial charge < -0.3 is 14.9 Å². The van der Waals surface area contributed by atoms with Crippen molar-refractivity contribution in [3.8, 4) is 56.4 Å². The van der Waals surface area contributed by atoms with Gasteiger partial charge in [0.25, 0.3) is 0 Å². The molecule has 0 unspecified atom stereocenters. The van der Waals surface area contributed by atoms with Gasteiger partial charge in [0.1, 0.15) is 23.0 Å². The Morgan fingerprint density at radius 2 is 0.532 bits per heavy atom. The Bertz CT molecular complexity index is 3640. The molecule has 0 bridgehead atoms. The third-order valence-electron chi connectivity index (χ3n) is 14.7. The molecule has 0 fully saturated rings. The quantitative estimate of drug-likeness (QED) is 0.185. The highest BCUT2D eigenvalue weighted by molar-refractivity contribution is 6.09. The second-order valence-corrected chi connectivity index (χ2v) is 19.9. The largest absolute Gasteiger partial charge is 0.507 e. The maximum atomic E-state index is 10.4. The predicted octanol–water partition coefficient (Wildman–Crippen LogP) is 20.9. The van der Waals surface area contributed by atoms with E-state index in [4.69, 9.17) is 4.74 Å². The number of hydrogen-bond acceptors (Lipinski definition) is 3. The van der Waals surface area contributed by atoms with Crippen molar-refractivity contribution in [1.29, 1.82) is 0 Å². The number of phenols is 2. The van der Waals surface area contributed by atoms with Crippen molar-refractivity contribution in [2.75, 3.05) is 0 Å². The highest BCUT2D eigenvalue weighted by atomic mass is 16.5. The Morgan fingerprint density at radius 1 is 0.273 bits per heavy atom. The van der Waals surface area contributed by atoms with Gasteiger partial charge in [-0.15, -0.1) is 0 Å². The molecule has 0 atom stereocenters. The Kier molecular flexibility index (Phi) is 16.0. The Labute approximate surface area is 455 Å². The zero-order chi connectivity index (χ0) is 54.1. The summed E-state index contributed by atoms with van der Waals surface area (Å²) in [5.74, 6) is 2.07. The van der Waals surface area contributed by atoms with Crippen LogP contribution < -0.4 is 4.74 Å². The van der Waals surface area contributed by atoms with E-state index in [1.165, 1.54) is 66.1 Å². The van der Waals surface area contributed by atoms with Crippen LogP contribution in [0.2, 0.25) is 0 Å². The molecule has 77 heavy (non-hydrogen) atoms. The van der Waals surface area contributed by atoms with Crippen molar-refractivity contribution in [1.82, 2.24) is 0 Å². The second-order valence-electron chi connectivity index (χ2n) is 19.9. The lowest BCUT2D eigenvalue weighted by atomic mass is 9.82. The fourth-order valence-electron chi connectivity index (χ4n) is 11.0. The van der Waals surface area contributed by atoms with Crippen LogP contribution in [0.15, 0.2) is 255 Å². The lowest BCUT2D eigenvalue weighted by molar-refractivity contribution is 0.470. The summed E-state index contributed by atoms with van der Waals surface area (Å²) < 4.78 is 5.99. The number of hydrogen-bond donors (Lipinski definition) is 2. The highest BCUT2D eigenvalue weighted by Crippen LogP contribution is 2.50. The van der Waals surface area contributed by atoms with Gasteiger partial charge >= 0.3 is 0 Å². The first kappa shape index (κ1) is 52.9. The minimum atomic E-state index is 0.160. The molecule has 382 valence electrons. The van der Waals surface area contributed by atoms with E-state index in [1.54, 1.807) is 12.1 Å². The Balaban J connectivity index is 0.000000124. The van der Waals surface area contributed by atoms with Crippen LogP contribution in [0.4, 0.5) is 0 Å². The first-order valence-corrected chi connectivity index (χ1v) is 27.0. The van der Waals surface area contributed by atoms with Gasteiger partial charge in [0, 0.05) is 22.0 Å². The number of ether oxygens (including phenoxy) is 1. The maximum absolute atomic E-state index is 10.4. The summed E-state index contributed by atoms with van der Waals surface area (Å²) in [7, 11) is 0. The number of rotatable bonds is 3. The third-order valence-corrected chi connectivity index (χ3v) is 14.7. The molecule has 0 aliphatic heterocycles. The van der Waals surface area contributed by atoms with E-state index in [-0.39, 0.29) is 22.3 Å². The van der Waals surface area contributed by atoms with Crippen LogP contribution in [0.1, 0.15) is 77.6 Å². The molecule has 0 radical (unpaired) electrons. The molecule has 2 aliphatic carbocycles. The summed E-state index contributed by atoms with van der Waals surface area (Å²) in [6.07, 6.45) is 0. The molecule has 0 saturated carbocycles. The lowest BCUT2D eigenvalue weighted by Gasteiger charge is -2.20. The van der Waals surface area contributed by atoms with E-state index in [1.807, 2.05) is 125 Å². The molecule has 0 amide bonds. The van der Waals surface area contributed by atoms with E-state index < -0.39 is 0 Å². The van der Waals surface area contributed by atoms with Gasteiger partial charge in [-0.2, -0.15) is 0 Å². The SMILES string of the molecule is CC.CC.CC1(C)c2ccccc2-c2ccccc21.CC1(C)c2ccccc2-c2ccccc21.Oc1ccc2ccccc2c1-c1c(O)ccc2ccccc12.c1ccc2cc(Oc3ccc4ccccc4c3)ccc2c1. The van der Waals surface area contributed by atoms with Crippen molar-refractivity contribution in [2.45, 2.75) is 66.2 Å². The summed E-state index contributed by atoms with van der Waals surface area (Å²) in [6.45, 7) is 17.2. The molecule has 3 heteroatoms. The van der Waals surface area contributed by atoms with E-state index in [0.717, 1.165) is 33.0 Å². The topological polar surface area (TPSA) is 49.7 Å². The number of aromatic hydroxyl groups is 2. The normalized spacial score (nSPS) is 12.5. The van der Waals surface area contributed by atoms with Gasteiger partial charge in [0.2, 0.25) is 0 Å². The standard InChI is InChI=1S/C20H14O2.C20H14O.2C15H14.2C2H6/c21-17-11-9-13-5-1-3-7-15(13)19(17)20-16-8-4-2-6-14(16)10-12-18(20)22;1-3-7-17-13-19(11-9-15(17)5-1)21-20-12-10-16-6-2-4-8-18(16)14-20;2*1-15(2)13-9-5-3-7-11(13)12-8-4-6-10-14(12)15;2*1-2/h1-12,21-22H;1-14H;2*3-10H,1-2H3;2*1-2H3. The van der Waals surface area contributed by atoms with E-state index in [0.29, 0.717) is 11.1 Å². The van der Waals surface area contributed by atoms with E-state index in [2.05, 4.69) is 173 Å². The summed E-state index contributed by atoms with van der Waals surface area (Å²) in [5.41, 5.74) is 13.1. The second kappa shape index (κ2) is 23.3. The molecule has 0 heterocycles. The monoisotopic (exact) mass is 1000 g/mol. The average Bonchev–Trinajstić information content (AvgIpc) is 3.88. The summed E-state index contributed by atoms with van der Waals surface area (Å²) in [6, 6.07) is 86.7. The van der Waals surface area contributed by atoms with Gasteiger partial charge in [-0.05, 0) is 124 Å². The van der Waals surface area contributed by atoms with Crippen molar-refractivity contribution in [3.05, 3.63) is 277 Å². The lowest BCUT2D eigenvalue weighted by Crippen LogP contribution is -2.14. The minimum Gasteiger partial charge on any atom is -0.507 e. The molecule has 12 aromatic carbocycles. The molecule has 0 saturated heterocycles. The maximum Gasteiger partial charge on any atom is 0.128 e. The molecule has 2 N–H and O–H groups in total. The van der Waals surface area contributed by atoms with Gasteiger partial charge in [0.05, 0.1) is 0 Å². The molecular weight excluding hydrogens is 937 g/mol. The molecular formula is C74H68O3. The number of phenolic OH excluding ortho intramolecular Hbond substituents is 2. The van der Waals surface area contributed by atoms with Crippen LogP contribution in [0.5, 0.6) is 23.0 Å². The molecule has 3 nitrogen and oxygen atoms in total. The molecule has 0 spiro atoms. The van der Waals surface area contributed by atoms with Gasteiger partial charge in [-0.3, -0.25) is 0 Å². The Hall–Kier alpha value is -8.92. The first-order chi connectivity index (χ1) is 37.6. The van der Waals surface area contributed by atoms with E-state index >= 15 is 0 Å². The molecule has 2 aliphatic rings. The zero-order valence-electron chi connectivity index (χ0n) is 45.6. The average molecular weight is 1010 g/mol. The molecule has 14 rings (SSSR count). The molecule has 0 aromatic heterocycles. The fourth-order valence-corrected chi connectivity index (χ4v) is 11.0. The molecule has 12 aromatic rings. The van der Waals surface area contributed by atoms with Crippen molar-refractivity contribution in [3.63, 3.8) is 0 Å². The van der Waals surface area contributed by atoms with Crippen molar-refractivity contribution in [2.24, 2.45) is 0 Å². The van der Waals surface area contributed by atoms with Gasteiger partial charge in [-0.1, -0.05) is 274 Å². The van der Waals surface area contributed by atoms with Crippen LogP contribution in [0.3, 0.4) is 0 Å². The first-order valence-electron chi connectivity index (χ1n) is 27.0. The highest BCUT2D eigenvalue weighted by Gasteiger charge is 2.35. The van der Waals surface area contributed by atoms with Gasteiger partial charge in [-0.25, -0.2) is 0 Å². The summed E-state index contributed by atoms with van der Waals surface area (Å²) in [5, 5.41) is 29.6. The van der Waals surface area contributed by atoms with Crippen LogP contribution >= 0.6 is 0 Å². The third kappa shape index (κ3) is 10.7. The van der Waals surface area contributed by atoms with Crippen LogP contribution in [0, 0.1) is 0 Å². The van der Waals surface area contributed by atoms with Gasteiger partial charge in [0.15, 0.2) is 0 Å². The number of fused-ring (bicyclic) bond motifs is 10. The smallest absolute Gasteiger partial charge is 0.128 e. The van der Waals surface area contributed by atoms with Crippen LogP contribution in [0.25, 0.3) is 76.5 Å². The summed E-state index contributed by atoms with van der Waals surface area (Å²) in [4.78, 5) is 0. The fraction of sp³-hybridized carbons (Fsp3) is 0.135. The van der Waals surface area contributed by atoms with E-state index in [9.17, 15) is 10.2 Å². The summed E-state index contributed by atoms with van der Waals surface area (Å²) >= 11 is 0. The minimum absolute atomic E-state index is 0.160. The Morgan fingerprint density at radius 3 is 0.870 bits per heavy atom. The zero-order valence-corrected chi connectivity index (χ0v) is 45.6. The van der Waals surface area contributed by atoms with Crippen LogP contribution in [-0.4, -0.2) is 10.2 Å².